The fraction of sp³-hybridized carbons (Fsp3) is 0.700. The van der Waals surface area contributed by atoms with Crippen LogP contribution in [0.5, 0.6) is 0 Å². The fourth-order valence-corrected chi connectivity index (χ4v) is 1.39. The Bertz CT molecular complexity index is 223. The van der Waals surface area contributed by atoms with Gasteiger partial charge in [0.1, 0.15) is 0 Å². The van der Waals surface area contributed by atoms with Crippen molar-refractivity contribution < 1.29 is 9.53 Å². The Balaban J connectivity index is 2.67. The van der Waals surface area contributed by atoms with E-state index < -0.39 is 5.54 Å². The van der Waals surface area contributed by atoms with Crippen LogP contribution >= 0.6 is 0 Å². The van der Waals surface area contributed by atoms with Crippen molar-refractivity contribution >= 4 is 5.78 Å². The zero-order chi connectivity index (χ0) is 9.90. The molecule has 3 heteroatoms. The number of hydrogen-bond acceptors (Lipinski definition) is 3. The van der Waals surface area contributed by atoms with E-state index in [1.807, 2.05) is 13.8 Å². The van der Waals surface area contributed by atoms with Gasteiger partial charge in [-0.1, -0.05) is 5.57 Å². The van der Waals surface area contributed by atoms with E-state index in [1.165, 1.54) is 0 Å². The number of carbonyl (C=O) groups is 1. The van der Waals surface area contributed by atoms with Gasteiger partial charge >= 0.3 is 0 Å². The molecular weight excluding hydrogens is 166 g/mol. The predicted octanol–water partition coefficient (Wildman–Crippen LogP) is 1.03. The third kappa shape index (κ3) is 2.64. The van der Waals surface area contributed by atoms with Crippen molar-refractivity contribution in [2.24, 2.45) is 5.73 Å². The lowest BCUT2D eigenvalue weighted by Gasteiger charge is -2.30. The van der Waals surface area contributed by atoms with Crippen LogP contribution in [0.15, 0.2) is 11.6 Å². The molecule has 0 atom stereocenters. The third-order valence-corrected chi connectivity index (χ3v) is 2.30. The summed E-state index contributed by atoms with van der Waals surface area (Å²) in [6.45, 7) is 5.00. The van der Waals surface area contributed by atoms with Gasteiger partial charge in [0.15, 0.2) is 5.78 Å². The number of carbonyl (C=O) groups excluding carboxylic acids is 1. The number of ketones is 1. The molecule has 0 aromatic heterocycles. The van der Waals surface area contributed by atoms with Gasteiger partial charge in [-0.2, -0.15) is 0 Å². The molecule has 0 unspecified atom stereocenters. The summed E-state index contributed by atoms with van der Waals surface area (Å²) in [5, 5.41) is 0. The molecule has 0 bridgehead atoms. The Kier molecular flexibility index (Phi) is 3.22. The van der Waals surface area contributed by atoms with E-state index in [1.54, 1.807) is 6.08 Å². The number of hydrogen-bond donors (Lipinski definition) is 1. The highest BCUT2D eigenvalue weighted by atomic mass is 16.5. The third-order valence-electron chi connectivity index (χ3n) is 2.30. The predicted molar refractivity (Wildman–Crippen MR) is 51.4 cm³/mol. The highest BCUT2D eigenvalue weighted by molar-refractivity contribution is 5.98. The van der Waals surface area contributed by atoms with Gasteiger partial charge in [-0.25, -0.2) is 0 Å². The summed E-state index contributed by atoms with van der Waals surface area (Å²) in [6.07, 6.45) is 2.90. The molecule has 1 aliphatic rings. The summed E-state index contributed by atoms with van der Waals surface area (Å²) in [5.74, 6) is 0.0378. The first-order chi connectivity index (χ1) is 6.04. The minimum atomic E-state index is -0.671. The van der Waals surface area contributed by atoms with Gasteiger partial charge in [-0.3, -0.25) is 4.79 Å². The summed E-state index contributed by atoms with van der Waals surface area (Å²) in [6, 6.07) is 0. The van der Waals surface area contributed by atoms with Crippen LogP contribution in [-0.2, 0) is 9.53 Å². The molecule has 0 amide bonds. The number of rotatable bonds is 2. The highest BCUT2D eigenvalue weighted by Crippen LogP contribution is 2.19. The Morgan fingerprint density at radius 3 is 2.38 bits per heavy atom. The second-order valence-electron chi connectivity index (χ2n) is 3.85. The molecule has 0 saturated carbocycles. The standard InChI is InChI=1S/C10H17NO2/c1-8(2)7-9(12)10(11)3-5-13-6-4-10/h7H,3-6,11H2,1-2H3. The molecule has 74 valence electrons. The van der Waals surface area contributed by atoms with Gasteiger partial charge in [0.25, 0.3) is 0 Å². The van der Waals surface area contributed by atoms with E-state index in [0.717, 1.165) is 5.57 Å². The minimum absolute atomic E-state index is 0.0378. The molecule has 2 N–H and O–H groups in total. The average Bonchev–Trinajstić information content (AvgIpc) is 2.04. The van der Waals surface area contributed by atoms with E-state index >= 15 is 0 Å². The van der Waals surface area contributed by atoms with Crippen LogP contribution in [0.1, 0.15) is 26.7 Å². The lowest BCUT2D eigenvalue weighted by Crippen LogP contribution is -2.51. The molecule has 1 aliphatic heterocycles. The molecule has 1 heterocycles. The summed E-state index contributed by atoms with van der Waals surface area (Å²) in [5.41, 5.74) is 6.31. The van der Waals surface area contributed by atoms with Crippen LogP contribution in [-0.4, -0.2) is 24.5 Å². The molecule has 1 fully saturated rings. The lowest BCUT2D eigenvalue weighted by atomic mass is 9.86. The quantitative estimate of drug-likeness (QED) is 0.650. The normalized spacial score (nSPS) is 20.8. The number of ether oxygens (including phenoxy) is 1. The van der Waals surface area contributed by atoms with Crippen molar-refractivity contribution in [1.82, 2.24) is 0 Å². The molecule has 1 saturated heterocycles. The van der Waals surface area contributed by atoms with Gasteiger partial charge in [0.2, 0.25) is 0 Å². The Labute approximate surface area is 78.9 Å². The van der Waals surface area contributed by atoms with Gasteiger partial charge in [-0.05, 0) is 32.8 Å². The molecule has 0 radical (unpaired) electrons. The van der Waals surface area contributed by atoms with Crippen LogP contribution < -0.4 is 5.73 Å². The lowest BCUT2D eigenvalue weighted by molar-refractivity contribution is -0.122. The Hall–Kier alpha value is -0.670. The Morgan fingerprint density at radius 1 is 1.38 bits per heavy atom. The summed E-state index contributed by atoms with van der Waals surface area (Å²) >= 11 is 0. The minimum Gasteiger partial charge on any atom is -0.381 e. The van der Waals surface area contributed by atoms with E-state index in [2.05, 4.69) is 0 Å². The van der Waals surface area contributed by atoms with Crippen LogP contribution in [0.4, 0.5) is 0 Å². The second kappa shape index (κ2) is 4.03. The molecule has 0 spiro atoms. The zero-order valence-electron chi connectivity index (χ0n) is 8.30. The summed E-state index contributed by atoms with van der Waals surface area (Å²) in [7, 11) is 0. The molecule has 0 aromatic rings. The average molecular weight is 183 g/mol. The molecule has 0 aliphatic carbocycles. The van der Waals surface area contributed by atoms with E-state index in [0.29, 0.717) is 26.1 Å². The molecule has 1 rings (SSSR count). The maximum Gasteiger partial charge on any atom is 0.175 e. The van der Waals surface area contributed by atoms with Gasteiger partial charge < -0.3 is 10.5 Å². The number of nitrogens with two attached hydrogens (primary N) is 1. The van der Waals surface area contributed by atoms with Crippen molar-refractivity contribution in [3.05, 3.63) is 11.6 Å². The smallest absolute Gasteiger partial charge is 0.175 e. The van der Waals surface area contributed by atoms with Gasteiger partial charge in [-0.15, -0.1) is 0 Å². The van der Waals surface area contributed by atoms with Crippen molar-refractivity contribution in [2.45, 2.75) is 32.2 Å². The van der Waals surface area contributed by atoms with Gasteiger partial charge in [0.05, 0.1) is 5.54 Å². The molecular formula is C10H17NO2. The van der Waals surface area contributed by atoms with Crippen LogP contribution in [0.25, 0.3) is 0 Å². The van der Waals surface area contributed by atoms with Crippen molar-refractivity contribution in [3.63, 3.8) is 0 Å². The van der Waals surface area contributed by atoms with Crippen LogP contribution in [0, 0.1) is 0 Å². The van der Waals surface area contributed by atoms with Crippen molar-refractivity contribution in [1.29, 1.82) is 0 Å². The summed E-state index contributed by atoms with van der Waals surface area (Å²) < 4.78 is 5.17. The maximum absolute atomic E-state index is 11.7. The highest BCUT2D eigenvalue weighted by Gasteiger charge is 2.33. The SMILES string of the molecule is CC(C)=CC(=O)C1(N)CCOCC1. The first kappa shape index (κ1) is 10.4. The van der Waals surface area contributed by atoms with Gasteiger partial charge in [0, 0.05) is 13.2 Å². The maximum atomic E-state index is 11.7. The Morgan fingerprint density at radius 2 is 1.92 bits per heavy atom. The fourth-order valence-electron chi connectivity index (χ4n) is 1.39. The zero-order valence-corrected chi connectivity index (χ0v) is 8.30. The first-order valence-electron chi connectivity index (χ1n) is 4.60. The van der Waals surface area contributed by atoms with Crippen LogP contribution in [0.2, 0.25) is 0 Å². The molecule has 13 heavy (non-hydrogen) atoms. The topological polar surface area (TPSA) is 52.3 Å². The monoisotopic (exact) mass is 183 g/mol. The van der Waals surface area contributed by atoms with Crippen LogP contribution in [0.3, 0.4) is 0 Å². The molecule has 0 aromatic carbocycles. The van der Waals surface area contributed by atoms with Crippen molar-refractivity contribution in [2.75, 3.05) is 13.2 Å². The largest absolute Gasteiger partial charge is 0.381 e. The van der Waals surface area contributed by atoms with E-state index in [4.69, 9.17) is 10.5 Å². The van der Waals surface area contributed by atoms with E-state index in [-0.39, 0.29) is 5.78 Å². The second-order valence-corrected chi connectivity index (χ2v) is 3.85. The summed E-state index contributed by atoms with van der Waals surface area (Å²) in [4.78, 5) is 11.7. The molecule has 3 nitrogen and oxygen atoms in total. The number of allylic oxidation sites excluding steroid dienone is 1. The van der Waals surface area contributed by atoms with Crippen molar-refractivity contribution in [3.8, 4) is 0 Å². The first-order valence-corrected chi connectivity index (χ1v) is 4.60. The van der Waals surface area contributed by atoms with E-state index in [9.17, 15) is 4.79 Å².